The Hall–Kier alpha value is -2.28. The third kappa shape index (κ3) is 3.62. The van der Waals surface area contributed by atoms with Gasteiger partial charge in [0.15, 0.2) is 0 Å². The second-order valence-electron chi connectivity index (χ2n) is 7.99. The molecule has 2 aliphatic heterocycles. The molecule has 0 aromatic heterocycles. The molecule has 1 saturated heterocycles. The molecule has 3 rings (SSSR count). The predicted octanol–water partition coefficient (Wildman–Crippen LogP) is 2.64. The Morgan fingerprint density at radius 2 is 2.08 bits per heavy atom. The van der Waals surface area contributed by atoms with E-state index in [4.69, 9.17) is 19.9 Å². The number of hydrogen-bond acceptors (Lipinski definition) is 6. The fraction of sp³-hybridized carbons (Fsp3) is 0.579. The zero-order chi connectivity index (χ0) is 19.1. The maximum absolute atomic E-state index is 12.3. The molecule has 26 heavy (non-hydrogen) atoms. The second-order valence-corrected chi connectivity index (χ2v) is 7.99. The van der Waals surface area contributed by atoms with Gasteiger partial charge < -0.3 is 24.8 Å². The summed E-state index contributed by atoms with van der Waals surface area (Å²) < 4.78 is 16.5. The molecule has 2 N–H and O–H groups in total. The number of esters is 1. The number of ether oxygens (including phenoxy) is 3. The lowest BCUT2D eigenvalue weighted by Gasteiger charge is -2.38. The van der Waals surface area contributed by atoms with Crippen molar-refractivity contribution in [3.05, 3.63) is 29.3 Å². The number of nitrogens with zero attached hydrogens (tertiary/aromatic N) is 1. The fourth-order valence-electron chi connectivity index (χ4n) is 3.54. The lowest BCUT2D eigenvalue weighted by molar-refractivity contribution is 0.0143. The molecule has 0 bridgehead atoms. The van der Waals surface area contributed by atoms with Gasteiger partial charge >= 0.3 is 12.1 Å². The van der Waals surface area contributed by atoms with E-state index in [0.29, 0.717) is 37.2 Å². The molecule has 1 spiro atoms. The van der Waals surface area contributed by atoms with Crippen molar-refractivity contribution in [1.82, 2.24) is 4.90 Å². The van der Waals surface area contributed by atoms with E-state index in [2.05, 4.69) is 0 Å². The van der Waals surface area contributed by atoms with Gasteiger partial charge in [-0.3, -0.25) is 0 Å². The predicted molar refractivity (Wildman–Crippen MR) is 95.1 cm³/mol. The third-order valence-corrected chi connectivity index (χ3v) is 4.72. The highest BCUT2D eigenvalue weighted by molar-refractivity contribution is 5.89. The van der Waals surface area contributed by atoms with Crippen LogP contribution in [0.5, 0.6) is 5.75 Å². The molecular formula is C19H26N2O5. The van der Waals surface area contributed by atoms with Crippen LogP contribution in [0.15, 0.2) is 18.2 Å². The Balaban J connectivity index is 1.77. The highest BCUT2D eigenvalue weighted by atomic mass is 16.6. The van der Waals surface area contributed by atoms with Crippen LogP contribution in [0.4, 0.5) is 4.79 Å². The van der Waals surface area contributed by atoms with Crippen LogP contribution >= 0.6 is 0 Å². The van der Waals surface area contributed by atoms with Crippen molar-refractivity contribution in [3.63, 3.8) is 0 Å². The Bertz CT molecular complexity index is 727. The zero-order valence-electron chi connectivity index (χ0n) is 15.7. The van der Waals surface area contributed by atoms with Gasteiger partial charge in [0.1, 0.15) is 17.0 Å². The Morgan fingerprint density at radius 1 is 1.35 bits per heavy atom. The van der Waals surface area contributed by atoms with Crippen molar-refractivity contribution in [2.24, 2.45) is 5.73 Å². The van der Waals surface area contributed by atoms with Gasteiger partial charge in [-0.15, -0.1) is 0 Å². The van der Waals surface area contributed by atoms with E-state index >= 15 is 0 Å². The fourth-order valence-corrected chi connectivity index (χ4v) is 3.54. The molecule has 1 fully saturated rings. The molecule has 1 aromatic carbocycles. The monoisotopic (exact) mass is 362 g/mol. The van der Waals surface area contributed by atoms with E-state index in [9.17, 15) is 9.59 Å². The molecule has 2 atom stereocenters. The molecule has 0 aliphatic carbocycles. The minimum atomic E-state index is -0.534. The molecule has 0 radical (unpaired) electrons. The minimum Gasteiger partial charge on any atom is -0.485 e. The first-order valence-electron chi connectivity index (χ1n) is 8.77. The number of nitrogens with two attached hydrogens (primary N) is 1. The van der Waals surface area contributed by atoms with Crippen LogP contribution in [0.2, 0.25) is 0 Å². The Labute approximate surface area is 153 Å². The first-order chi connectivity index (χ1) is 12.1. The van der Waals surface area contributed by atoms with Gasteiger partial charge in [0.25, 0.3) is 0 Å². The first-order valence-corrected chi connectivity index (χ1v) is 8.77. The van der Waals surface area contributed by atoms with E-state index in [1.165, 1.54) is 7.11 Å². The first kappa shape index (κ1) is 18.5. The molecule has 1 aromatic rings. The number of methoxy groups -OCH3 is 1. The number of amides is 1. The van der Waals surface area contributed by atoms with Crippen molar-refractivity contribution >= 4 is 12.1 Å². The lowest BCUT2D eigenvalue weighted by Crippen LogP contribution is -2.46. The van der Waals surface area contributed by atoms with Gasteiger partial charge in [-0.05, 0) is 39.0 Å². The molecule has 142 valence electrons. The van der Waals surface area contributed by atoms with Crippen molar-refractivity contribution in [2.45, 2.75) is 50.9 Å². The van der Waals surface area contributed by atoms with Crippen LogP contribution in [0, 0.1) is 0 Å². The zero-order valence-corrected chi connectivity index (χ0v) is 15.7. The maximum Gasteiger partial charge on any atom is 0.410 e. The van der Waals surface area contributed by atoms with Crippen LogP contribution in [-0.2, 0) is 9.47 Å². The highest BCUT2D eigenvalue weighted by Crippen LogP contribution is 2.43. The number of benzene rings is 1. The summed E-state index contributed by atoms with van der Waals surface area (Å²) in [5, 5.41) is 0. The number of hydrogen-bond donors (Lipinski definition) is 1. The van der Waals surface area contributed by atoms with Gasteiger partial charge in [-0.1, -0.05) is 0 Å². The van der Waals surface area contributed by atoms with Crippen molar-refractivity contribution in [2.75, 3.05) is 20.2 Å². The summed E-state index contributed by atoms with van der Waals surface area (Å²) in [5.41, 5.74) is 6.55. The molecular weight excluding hydrogens is 336 g/mol. The molecule has 2 unspecified atom stereocenters. The summed E-state index contributed by atoms with van der Waals surface area (Å²) in [4.78, 5) is 25.7. The number of fused-ring (bicyclic) bond motifs is 1. The van der Waals surface area contributed by atoms with Crippen molar-refractivity contribution in [1.29, 1.82) is 0 Å². The summed E-state index contributed by atoms with van der Waals surface area (Å²) in [7, 11) is 1.34. The van der Waals surface area contributed by atoms with Crippen molar-refractivity contribution < 1.29 is 23.8 Å². The summed E-state index contributed by atoms with van der Waals surface area (Å²) in [5.74, 6) is 0.250. The summed E-state index contributed by atoms with van der Waals surface area (Å²) in [6.45, 7) is 6.54. The van der Waals surface area contributed by atoms with Gasteiger partial charge in [-0.25, -0.2) is 9.59 Å². The van der Waals surface area contributed by atoms with Crippen LogP contribution in [0.3, 0.4) is 0 Å². The maximum atomic E-state index is 12.3. The summed E-state index contributed by atoms with van der Waals surface area (Å²) in [6.07, 6.45) is 0.931. The summed E-state index contributed by atoms with van der Waals surface area (Å²) >= 11 is 0. The number of rotatable bonds is 1. The van der Waals surface area contributed by atoms with Crippen LogP contribution in [-0.4, -0.2) is 48.4 Å². The normalized spacial score (nSPS) is 24.8. The quantitative estimate of drug-likeness (QED) is 0.772. The SMILES string of the molecule is COC(=O)c1ccc2c(c1)C(N)CC1(CCN(C(=O)OC(C)(C)C)C1)O2. The number of carbonyl (C=O) groups excluding carboxylic acids is 2. The summed E-state index contributed by atoms with van der Waals surface area (Å²) in [6, 6.07) is 4.86. The average molecular weight is 362 g/mol. The van der Waals surface area contributed by atoms with E-state index in [1.54, 1.807) is 23.1 Å². The molecule has 7 heteroatoms. The van der Waals surface area contributed by atoms with E-state index in [-0.39, 0.29) is 12.1 Å². The Kier molecular flexibility index (Phi) is 4.60. The van der Waals surface area contributed by atoms with Gasteiger partial charge in [0.05, 0.1) is 19.2 Å². The number of likely N-dealkylation sites (tertiary alicyclic amines) is 1. The second kappa shape index (κ2) is 6.46. The van der Waals surface area contributed by atoms with E-state index in [0.717, 1.165) is 5.56 Å². The van der Waals surface area contributed by atoms with Gasteiger partial charge in [0, 0.05) is 31.0 Å². The van der Waals surface area contributed by atoms with Crippen LogP contribution in [0.1, 0.15) is 55.6 Å². The van der Waals surface area contributed by atoms with Crippen molar-refractivity contribution in [3.8, 4) is 5.75 Å². The van der Waals surface area contributed by atoms with E-state index < -0.39 is 17.2 Å². The number of carbonyl (C=O) groups is 2. The average Bonchev–Trinajstić information content (AvgIpc) is 2.95. The largest absolute Gasteiger partial charge is 0.485 e. The molecule has 7 nitrogen and oxygen atoms in total. The molecule has 2 heterocycles. The lowest BCUT2D eigenvalue weighted by atomic mass is 9.86. The highest BCUT2D eigenvalue weighted by Gasteiger charge is 2.47. The Morgan fingerprint density at radius 3 is 2.73 bits per heavy atom. The smallest absolute Gasteiger partial charge is 0.410 e. The standard InChI is InChI=1S/C19H26N2O5/c1-18(2,3)26-17(23)21-8-7-19(11-21)10-14(20)13-9-12(16(22)24-4)5-6-15(13)25-19/h5-6,9,14H,7-8,10-11,20H2,1-4H3. The van der Waals surface area contributed by atoms with E-state index in [1.807, 2.05) is 20.8 Å². The molecule has 2 aliphatic rings. The molecule has 1 amide bonds. The topological polar surface area (TPSA) is 91.1 Å². The minimum absolute atomic E-state index is 0.276. The molecule has 0 saturated carbocycles. The van der Waals surface area contributed by atoms with Crippen LogP contribution < -0.4 is 10.5 Å². The van der Waals surface area contributed by atoms with Crippen LogP contribution in [0.25, 0.3) is 0 Å². The van der Waals surface area contributed by atoms with Gasteiger partial charge in [0.2, 0.25) is 0 Å². The third-order valence-electron chi connectivity index (χ3n) is 4.72. The van der Waals surface area contributed by atoms with Gasteiger partial charge in [-0.2, -0.15) is 0 Å².